The van der Waals surface area contributed by atoms with Crippen LogP contribution >= 0.6 is 0 Å². The van der Waals surface area contributed by atoms with E-state index < -0.39 is 0 Å². The number of carbonyl (C=O) groups is 1. The molecule has 19 heavy (non-hydrogen) atoms. The fraction of sp³-hybridized carbons (Fsp3) is 0.938. The summed E-state index contributed by atoms with van der Waals surface area (Å²) in [6, 6.07) is 0.261. The maximum atomic E-state index is 12.4. The first kappa shape index (κ1) is 14.8. The van der Waals surface area contributed by atoms with Crippen molar-refractivity contribution in [1.82, 2.24) is 4.90 Å². The van der Waals surface area contributed by atoms with Gasteiger partial charge in [0.25, 0.3) is 0 Å². The van der Waals surface area contributed by atoms with Crippen molar-refractivity contribution < 1.29 is 4.79 Å². The van der Waals surface area contributed by atoms with Crippen LogP contribution in [0.5, 0.6) is 0 Å². The standard InChI is InChI=1S/C16H30N2O/c1-16(2)12-14(17)10-11-18(16)15(19)9-8-13-6-4-3-5-7-13/h13-14H,3-12,17H2,1-2H3. The number of amides is 1. The summed E-state index contributed by atoms with van der Waals surface area (Å²) in [5.74, 6) is 1.15. The second-order valence-corrected chi connectivity index (χ2v) is 7.15. The Labute approximate surface area is 117 Å². The Hall–Kier alpha value is -0.570. The molecule has 2 aliphatic rings. The predicted octanol–water partition coefficient (Wildman–Crippen LogP) is 3.08. The van der Waals surface area contributed by atoms with Gasteiger partial charge >= 0.3 is 0 Å². The molecule has 0 spiro atoms. The summed E-state index contributed by atoms with van der Waals surface area (Å²) >= 11 is 0. The Morgan fingerprint density at radius 1 is 1.21 bits per heavy atom. The molecule has 2 rings (SSSR count). The normalized spacial score (nSPS) is 28.4. The Kier molecular flexibility index (Phi) is 4.88. The van der Waals surface area contributed by atoms with Crippen LogP contribution < -0.4 is 5.73 Å². The summed E-state index contributed by atoms with van der Waals surface area (Å²) in [7, 11) is 0. The van der Waals surface area contributed by atoms with Gasteiger partial charge in [0.1, 0.15) is 0 Å². The number of piperidine rings is 1. The van der Waals surface area contributed by atoms with Gasteiger partial charge in [-0.25, -0.2) is 0 Å². The smallest absolute Gasteiger partial charge is 0.223 e. The number of nitrogens with two attached hydrogens (primary N) is 1. The van der Waals surface area contributed by atoms with Crippen LogP contribution in [0.2, 0.25) is 0 Å². The van der Waals surface area contributed by atoms with Gasteiger partial charge < -0.3 is 10.6 Å². The zero-order valence-corrected chi connectivity index (χ0v) is 12.7. The zero-order chi connectivity index (χ0) is 13.9. The Morgan fingerprint density at radius 2 is 1.89 bits per heavy atom. The van der Waals surface area contributed by atoms with Crippen LogP contribution in [0.3, 0.4) is 0 Å². The quantitative estimate of drug-likeness (QED) is 0.853. The fourth-order valence-electron chi connectivity index (χ4n) is 3.85. The maximum absolute atomic E-state index is 12.4. The van der Waals surface area contributed by atoms with Crippen molar-refractivity contribution in [2.24, 2.45) is 11.7 Å². The van der Waals surface area contributed by atoms with Gasteiger partial charge in [-0.15, -0.1) is 0 Å². The number of rotatable bonds is 3. The molecule has 1 saturated carbocycles. The molecule has 1 amide bonds. The molecule has 1 saturated heterocycles. The second kappa shape index (κ2) is 6.25. The van der Waals surface area contributed by atoms with E-state index in [0.717, 1.165) is 38.1 Å². The van der Waals surface area contributed by atoms with E-state index in [0.29, 0.717) is 5.91 Å². The number of likely N-dealkylation sites (tertiary alicyclic amines) is 1. The van der Waals surface area contributed by atoms with Gasteiger partial charge in [-0.1, -0.05) is 32.1 Å². The molecule has 0 aromatic heterocycles. The third-order valence-corrected chi connectivity index (χ3v) is 5.01. The minimum absolute atomic E-state index is 0.0543. The Bertz CT molecular complexity index is 308. The summed E-state index contributed by atoms with van der Waals surface area (Å²) in [6.07, 6.45) is 10.5. The Morgan fingerprint density at radius 3 is 2.53 bits per heavy atom. The highest BCUT2D eigenvalue weighted by atomic mass is 16.2. The van der Waals surface area contributed by atoms with Gasteiger partial charge in [-0.3, -0.25) is 4.79 Å². The SMILES string of the molecule is CC1(C)CC(N)CCN1C(=O)CCC1CCCCC1. The van der Waals surface area contributed by atoms with Gasteiger partial charge in [0, 0.05) is 24.5 Å². The molecular formula is C16H30N2O. The number of nitrogens with zero attached hydrogens (tertiary/aromatic N) is 1. The Balaban J connectivity index is 1.81. The third-order valence-electron chi connectivity index (χ3n) is 5.01. The number of hydrogen-bond donors (Lipinski definition) is 1. The first-order valence-corrected chi connectivity index (χ1v) is 8.05. The molecule has 0 radical (unpaired) electrons. The minimum atomic E-state index is -0.0543. The molecule has 3 heteroatoms. The third kappa shape index (κ3) is 3.95. The van der Waals surface area contributed by atoms with Crippen LogP contribution in [-0.4, -0.2) is 28.9 Å². The van der Waals surface area contributed by atoms with Crippen LogP contribution in [0.15, 0.2) is 0 Å². The first-order chi connectivity index (χ1) is 8.99. The summed E-state index contributed by atoms with van der Waals surface area (Å²) < 4.78 is 0. The highest BCUT2D eigenvalue weighted by Crippen LogP contribution is 2.30. The lowest BCUT2D eigenvalue weighted by atomic mass is 9.84. The van der Waals surface area contributed by atoms with E-state index in [2.05, 4.69) is 18.7 Å². The molecular weight excluding hydrogens is 236 g/mol. The van der Waals surface area contributed by atoms with Crippen molar-refractivity contribution in [3.63, 3.8) is 0 Å². The lowest BCUT2D eigenvalue weighted by molar-refractivity contribution is -0.139. The van der Waals surface area contributed by atoms with Gasteiger partial charge in [0.05, 0.1) is 0 Å². The van der Waals surface area contributed by atoms with Crippen LogP contribution in [-0.2, 0) is 4.79 Å². The van der Waals surface area contributed by atoms with E-state index in [4.69, 9.17) is 5.73 Å². The van der Waals surface area contributed by atoms with Crippen molar-refractivity contribution >= 4 is 5.91 Å². The molecule has 0 aromatic rings. The van der Waals surface area contributed by atoms with Crippen molar-refractivity contribution in [3.8, 4) is 0 Å². The molecule has 1 unspecified atom stereocenters. The van der Waals surface area contributed by atoms with Gasteiger partial charge in [0.15, 0.2) is 0 Å². The minimum Gasteiger partial charge on any atom is -0.337 e. The van der Waals surface area contributed by atoms with Crippen molar-refractivity contribution in [1.29, 1.82) is 0 Å². The molecule has 110 valence electrons. The highest BCUT2D eigenvalue weighted by Gasteiger charge is 2.36. The van der Waals surface area contributed by atoms with Crippen LogP contribution in [0, 0.1) is 5.92 Å². The monoisotopic (exact) mass is 266 g/mol. The maximum Gasteiger partial charge on any atom is 0.223 e. The average Bonchev–Trinajstić information content (AvgIpc) is 2.36. The highest BCUT2D eigenvalue weighted by molar-refractivity contribution is 5.77. The van der Waals surface area contributed by atoms with E-state index >= 15 is 0 Å². The fourth-order valence-corrected chi connectivity index (χ4v) is 3.85. The summed E-state index contributed by atoms with van der Waals surface area (Å²) in [5, 5.41) is 0. The van der Waals surface area contributed by atoms with Crippen LogP contribution in [0.1, 0.15) is 71.6 Å². The molecule has 3 nitrogen and oxygen atoms in total. The second-order valence-electron chi connectivity index (χ2n) is 7.15. The lowest BCUT2D eigenvalue weighted by Gasteiger charge is -2.45. The lowest BCUT2D eigenvalue weighted by Crippen LogP contribution is -2.55. The topological polar surface area (TPSA) is 46.3 Å². The van der Waals surface area contributed by atoms with E-state index in [-0.39, 0.29) is 11.6 Å². The van der Waals surface area contributed by atoms with Gasteiger partial charge in [-0.05, 0) is 39.0 Å². The predicted molar refractivity (Wildman–Crippen MR) is 78.8 cm³/mol. The largest absolute Gasteiger partial charge is 0.337 e. The first-order valence-electron chi connectivity index (χ1n) is 8.05. The molecule has 1 aliphatic heterocycles. The van der Waals surface area contributed by atoms with Crippen LogP contribution in [0.4, 0.5) is 0 Å². The molecule has 2 N–H and O–H groups in total. The molecule has 1 aliphatic carbocycles. The van der Waals surface area contributed by atoms with E-state index in [1.165, 1.54) is 32.1 Å². The molecule has 0 bridgehead atoms. The number of hydrogen-bond acceptors (Lipinski definition) is 2. The van der Waals surface area contributed by atoms with Crippen LogP contribution in [0.25, 0.3) is 0 Å². The van der Waals surface area contributed by atoms with E-state index in [1.807, 2.05) is 0 Å². The van der Waals surface area contributed by atoms with Crippen molar-refractivity contribution in [2.75, 3.05) is 6.54 Å². The van der Waals surface area contributed by atoms with Crippen molar-refractivity contribution in [2.45, 2.75) is 83.2 Å². The molecule has 1 heterocycles. The van der Waals surface area contributed by atoms with E-state index in [9.17, 15) is 4.79 Å². The van der Waals surface area contributed by atoms with Crippen molar-refractivity contribution in [3.05, 3.63) is 0 Å². The molecule has 2 fully saturated rings. The molecule has 0 aromatic carbocycles. The molecule has 1 atom stereocenters. The van der Waals surface area contributed by atoms with Gasteiger partial charge in [-0.2, -0.15) is 0 Å². The summed E-state index contributed by atoms with van der Waals surface area (Å²) in [4.78, 5) is 14.5. The summed E-state index contributed by atoms with van der Waals surface area (Å²) in [5.41, 5.74) is 5.97. The van der Waals surface area contributed by atoms with E-state index in [1.54, 1.807) is 0 Å². The number of carbonyl (C=O) groups excluding carboxylic acids is 1. The zero-order valence-electron chi connectivity index (χ0n) is 12.7. The summed E-state index contributed by atoms with van der Waals surface area (Å²) in [6.45, 7) is 5.16. The van der Waals surface area contributed by atoms with Gasteiger partial charge in [0.2, 0.25) is 5.91 Å². The average molecular weight is 266 g/mol.